The number of sulfonamides is 1. The van der Waals surface area contributed by atoms with Crippen molar-refractivity contribution < 1.29 is 22.7 Å². The van der Waals surface area contributed by atoms with Gasteiger partial charge in [-0.2, -0.15) is 0 Å². The van der Waals surface area contributed by atoms with Gasteiger partial charge >= 0.3 is 6.03 Å². The number of fused-ring (bicyclic) bond motifs is 3. The van der Waals surface area contributed by atoms with E-state index in [4.69, 9.17) is 16.3 Å². The Bertz CT molecular complexity index is 1110. The third-order valence-electron chi connectivity index (χ3n) is 8.42. The quantitative estimate of drug-likeness (QED) is 0.597. The molecule has 2 aliphatic carbocycles. The van der Waals surface area contributed by atoms with Crippen molar-refractivity contribution in [2.24, 2.45) is 11.8 Å². The average Bonchev–Trinajstić information content (AvgIpc) is 2.83. The number of hydrogen-bond acceptors (Lipinski definition) is 6. The third kappa shape index (κ3) is 4.90. The van der Waals surface area contributed by atoms with E-state index in [1.165, 1.54) is 11.2 Å². The second kappa shape index (κ2) is 10.2. The molecule has 9 nitrogen and oxygen atoms in total. The number of nitrogens with zero attached hydrogens (tertiary/aromatic N) is 2. The van der Waals surface area contributed by atoms with Crippen molar-refractivity contribution in [1.82, 2.24) is 14.9 Å². The van der Waals surface area contributed by atoms with Crippen LogP contribution in [-0.4, -0.2) is 75.4 Å². The Labute approximate surface area is 217 Å². The van der Waals surface area contributed by atoms with E-state index in [1.807, 2.05) is 4.90 Å². The number of ether oxygens (including phenoxy) is 1. The summed E-state index contributed by atoms with van der Waals surface area (Å²) in [5, 5.41) is 4.06. The van der Waals surface area contributed by atoms with E-state index in [-0.39, 0.29) is 54.0 Å². The van der Waals surface area contributed by atoms with E-state index < -0.39 is 10.0 Å². The molecule has 2 aliphatic heterocycles. The topological polar surface area (TPSA) is 108 Å². The molecule has 36 heavy (non-hydrogen) atoms. The van der Waals surface area contributed by atoms with Crippen LogP contribution in [0, 0.1) is 11.8 Å². The van der Waals surface area contributed by atoms with Gasteiger partial charge in [0.2, 0.25) is 15.9 Å². The number of halogens is 1. The Morgan fingerprint density at radius 2 is 1.86 bits per heavy atom. The third-order valence-corrected chi connectivity index (χ3v) is 9.42. The van der Waals surface area contributed by atoms with Crippen molar-refractivity contribution in [3.63, 3.8) is 0 Å². The molecule has 2 heterocycles. The largest absolute Gasteiger partial charge is 0.380 e. The van der Waals surface area contributed by atoms with Crippen LogP contribution in [0.4, 0.5) is 10.5 Å². The second-order valence-electron chi connectivity index (χ2n) is 10.6. The molecule has 0 radical (unpaired) electrons. The molecule has 5 atom stereocenters. The van der Waals surface area contributed by atoms with Crippen molar-refractivity contribution in [3.8, 4) is 0 Å². The van der Waals surface area contributed by atoms with Gasteiger partial charge in [0.15, 0.2) is 0 Å². The second-order valence-corrected chi connectivity index (χ2v) is 12.9. The minimum Gasteiger partial charge on any atom is -0.380 e. The van der Waals surface area contributed by atoms with Crippen LogP contribution in [0.3, 0.4) is 0 Å². The highest BCUT2D eigenvalue weighted by Crippen LogP contribution is 2.43. The van der Waals surface area contributed by atoms with E-state index in [0.29, 0.717) is 42.9 Å². The van der Waals surface area contributed by atoms with Crippen LogP contribution < -0.4 is 14.9 Å². The summed E-state index contributed by atoms with van der Waals surface area (Å²) in [5.41, 5.74) is 0.480. The zero-order chi connectivity index (χ0) is 25.6. The van der Waals surface area contributed by atoms with E-state index in [2.05, 4.69) is 10.0 Å². The predicted octanol–water partition coefficient (Wildman–Crippen LogP) is 2.74. The fourth-order valence-electron chi connectivity index (χ4n) is 6.97. The Balaban J connectivity index is 1.48. The summed E-state index contributed by atoms with van der Waals surface area (Å²) < 4.78 is 32.0. The normalized spacial score (nSPS) is 35.4. The molecular weight excluding hydrogens is 504 g/mol. The Kier molecular flexibility index (Phi) is 7.35. The van der Waals surface area contributed by atoms with Gasteiger partial charge in [-0.05, 0) is 62.6 Å². The lowest BCUT2D eigenvalue weighted by atomic mass is 9.69. The number of carbonyl (C=O) groups is 2. The summed E-state index contributed by atoms with van der Waals surface area (Å²) in [6, 6.07) is 6.24. The van der Waals surface area contributed by atoms with Gasteiger partial charge in [-0.1, -0.05) is 24.1 Å². The minimum atomic E-state index is -3.30. The maximum atomic E-state index is 14.2. The van der Waals surface area contributed by atoms with Gasteiger partial charge in [-0.25, -0.2) is 22.8 Å². The SMILES string of the molecule is COC1CCCC2C1NCC1C(=O)N(c3cccc(Cl)c3)C(=O)N(C3CCC(NS(C)(=O)=O)CC3)C12. The first kappa shape index (κ1) is 25.9. The van der Waals surface area contributed by atoms with E-state index in [9.17, 15) is 18.0 Å². The summed E-state index contributed by atoms with van der Waals surface area (Å²) in [6.07, 6.45) is 6.77. The molecular formula is C25H35ClN4O5S. The number of benzene rings is 1. The number of hydrogen-bond donors (Lipinski definition) is 2. The van der Waals surface area contributed by atoms with Gasteiger partial charge in [-0.15, -0.1) is 0 Å². The number of amides is 3. The standard InChI is InChI=1S/C25H35ClN4O5S/c1-35-21-8-4-7-19-22(21)27-14-20-23(19)29(17-11-9-16(10-12-17)28-36(2,33)34)25(32)30(24(20)31)18-6-3-5-15(26)13-18/h3,5-6,13,16-17,19-23,27-28H,4,7-12,14H2,1-2H3. The lowest BCUT2D eigenvalue weighted by molar-refractivity contribution is -0.132. The number of anilines is 1. The zero-order valence-electron chi connectivity index (χ0n) is 20.7. The van der Waals surface area contributed by atoms with Crippen LogP contribution in [-0.2, 0) is 19.6 Å². The Hall–Kier alpha value is -1.72. The van der Waals surface area contributed by atoms with Crippen LogP contribution >= 0.6 is 11.6 Å². The number of piperidine rings is 1. The number of nitrogens with one attached hydrogen (secondary N) is 2. The highest BCUT2D eigenvalue weighted by atomic mass is 35.5. The van der Waals surface area contributed by atoms with Crippen molar-refractivity contribution >= 4 is 39.2 Å². The van der Waals surface area contributed by atoms with Crippen molar-refractivity contribution in [2.75, 3.05) is 24.8 Å². The van der Waals surface area contributed by atoms with Crippen LogP contribution in [0.25, 0.3) is 0 Å². The molecule has 4 aliphatic rings. The summed E-state index contributed by atoms with van der Waals surface area (Å²) in [6.45, 7) is 0.482. The zero-order valence-corrected chi connectivity index (χ0v) is 22.3. The number of imide groups is 1. The van der Waals surface area contributed by atoms with E-state index in [0.717, 1.165) is 19.3 Å². The number of methoxy groups -OCH3 is 1. The van der Waals surface area contributed by atoms with Crippen LogP contribution in [0.15, 0.2) is 24.3 Å². The lowest BCUT2D eigenvalue weighted by Crippen LogP contribution is -2.74. The smallest absolute Gasteiger partial charge is 0.331 e. The highest BCUT2D eigenvalue weighted by Gasteiger charge is 2.57. The van der Waals surface area contributed by atoms with Gasteiger partial charge in [0, 0.05) is 36.8 Å². The van der Waals surface area contributed by atoms with E-state index in [1.54, 1.807) is 31.4 Å². The van der Waals surface area contributed by atoms with Gasteiger partial charge in [0.05, 0.1) is 30.0 Å². The molecule has 4 fully saturated rings. The Morgan fingerprint density at radius 3 is 2.53 bits per heavy atom. The van der Waals surface area contributed by atoms with Crippen molar-refractivity contribution in [3.05, 3.63) is 29.3 Å². The van der Waals surface area contributed by atoms with Crippen LogP contribution in [0.2, 0.25) is 5.02 Å². The molecule has 2 N–H and O–H groups in total. The summed E-state index contributed by atoms with van der Waals surface area (Å²) in [5.74, 6) is -0.449. The molecule has 1 aromatic carbocycles. The fraction of sp³-hybridized carbons (Fsp3) is 0.680. The monoisotopic (exact) mass is 538 g/mol. The van der Waals surface area contributed by atoms with Crippen molar-refractivity contribution in [2.45, 2.75) is 75.2 Å². The first-order valence-electron chi connectivity index (χ1n) is 12.8. The van der Waals surface area contributed by atoms with E-state index >= 15 is 0 Å². The van der Waals surface area contributed by atoms with Gasteiger partial charge < -0.3 is 15.0 Å². The van der Waals surface area contributed by atoms with Crippen molar-refractivity contribution in [1.29, 1.82) is 0 Å². The minimum absolute atomic E-state index is 0.0532. The molecule has 5 unspecified atom stereocenters. The van der Waals surface area contributed by atoms with Crippen LogP contribution in [0.1, 0.15) is 44.9 Å². The fourth-order valence-corrected chi connectivity index (χ4v) is 7.99. The molecule has 0 aromatic heterocycles. The molecule has 5 rings (SSSR count). The van der Waals surface area contributed by atoms with Gasteiger partial charge in [0.25, 0.3) is 0 Å². The maximum absolute atomic E-state index is 14.2. The molecule has 0 bridgehead atoms. The highest BCUT2D eigenvalue weighted by molar-refractivity contribution is 7.88. The maximum Gasteiger partial charge on any atom is 0.331 e. The van der Waals surface area contributed by atoms with Crippen LogP contribution in [0.5, 0.6) is 0 Å². The summed E-state index contributed by atoms with van der Waals surface area (Å²) >= 11 is 6.23. The number of urea groups is 1. The summed E-state index contributed by atoms with van der Waals surface area (Å²) in [7, 11) is -1.57. The molecule has 11 heteroatoms. The first-order chi connectivity index (χ1) is 17.2. The molecule has 2 saturated heterocycles. The van der Waals surface area contributed by atoms with Gasteiger partial charge in [0.1, 0.15) is 0 Å². The molecule has 0 spiro atoms. The number of rotatable bonds is 5. The average molecular weight is 539 g/mol. The summed E-state index contributed by atoms with van der Waals surface area (Å²) in [4.78, 5) is 31.3. The molecule has 2 saturated carbocycles. The lowest BCUT2D eigenvalue weighted by Gasteiger charge is -2.57. The number of carbonyl (C=O) groups excluding carboxylic acids is 2. The first-order valence-corrected chi connectivity index (χ1v) is 15.1. The Morgan fingerprint density at radius 1 is 1.11 bits per heavy atom. The molecule has 198 valence electrons. The predicted molar refractivity (Wildman–Crippen MR) is 137 cm³/mol. The molecule has 3 amide bonds. The molecule has 1 aromatic rings. The van der Waals surface area contributed by atoms with Gasteiger partial charge in [-0.3, -0.25) is 4.79 Å².